The molecule has 11 heteroatoms. The van der Waals surface area contributed by atoms with Crippen LogP contribution in [0.25, 0.3) is 0 Å². The summed E-state index contributed by atoms with van der Waals surface area (Å²) in [6.07, 6.45) is 0.639. The Morgan fingerprint density at radius 3 is 2.27 bits per heavy atom. The average molecular weight is 494 g/mol. The van der Waals surface area contributed by atoms with E-state index < -0.39 is 48.7 Å². The highest BCUT2D eigenvalue weighted by Gasteiger charge is 2.66. The van der Waals surface area contributed by atoms with Gasteiger partial charge in [0.05, 0.1) is 33.3 Å². The molecule has 1 aliphatic heterocycles. The predicted molar refractivity (Wildman–Crippen MR) is 111 cm³/mol. The van der Waals surface area contributed by atoms with Crippen molar-refractivity contribution in [2.75, 3.05) is 18.5 Å². The lowest BCUT2D eigenvalue weighted by Crippen LogP contribution is -2.38. The van der Waals surface area contributed by atoms with E-state index in [1.807, 2.05) is 0 Å². The van der Waals surface area contributed by atoms with Crippen LogP contribution in [0, 0.1) is 23.7 Å². The summed E-state index contributed by atoms with van der Waals surface area (Å²) in [5.41, 5.74) is 0.268. The number of fused-ring (bicyclic) bond motifs is 5. The normalized spacial score (nSPS) is 31.8. The third-order valence-electron chi connectivity index (χ3n) is 5.93. The van der Waals surface area contributed by atoms with Crippen LogP contribution in [-0.2, 0) is 23.9 Å². The largest absolute Gasteiger partial charge is 0.454 e. The van der Waals surface area contributed by atoms with Crippen molar-refractivity contribution in [3.63, 3.8) is 0 Å². The molecule has 2 bridgehead atoms. The summed E-state index contributed by atoms with van der Waals surface area (Å²) in [5, 5.41) is 2.37. The van der Waals surface area contributed by atoms with Gasteiger partial charge in [0.15, 0.2) is 6.61 Å². The van der Waals surface area contributed by atoms with E-state index in [4.69, 9.17) is 51.1 Å². The number of nitrogens with one attached hydrogen (secondary N) is 1. The number of amides is 3. The number of imide groups is 1. The van der Waals surface area contributed by atoms with Gasteiger partial charge in [0.2, 0.25) is 11.8 Å². The number of hydrogen-bond donors (Lipinski definition) is 1. The van der Waals surface area contributed by atoms with Crippen molar-refractivity contribution in [3.05, 3.63) is 28.2 Å². The van der Waals surface area contributed by atoms with Crippen molar-refractivity contribution in [2.45, 2.75) is 17.2 Å². The Bertz CT molecular complexity index is 909. The molecule has 3 aliphatic rings. The Kier molecular flexibility index (Phi) is 5.92. The molecule has 3 amide bonds. The van der Waals surface area contributed by atoms with Crippen molar-refractivity contribution in [1.82, 2.24) is 4.90 Å². The van der Waals surface area contributed by atoms with Crippen LogP contribution in [0.1, 0.15) is 6.42 Å². The van der Waals surface area contributed by atoms with Crippen molar-refractivity contribution < 1.29 is 23.9 Å². The van der Waals surface area contributed by atoms with Crippen molar-refractivity contribution in [2.24, 2.45) is 23.7 Å². The molecule has 0 aromatic heterocycles. The van der Waals surface area contributed by atoms with Crippen LogP contribution in [0.2, 0.25) is 10.0 Å². The highest BCUT2D eigenvalue weighted by Crippen LogP contribution is 2.59. The van der Waals surface area contributed by atoms with E-state index in [9.17, 15) is 19.2 Å². The zero-order valence-electron chi connectivity index (χ0n) is 15.3. The second-order valence-corrected chi connectivity index (χ2v) is 9.45. The van der Waals surface area contributed by atoms with Crippen LogP contribution in [-0.4, -0.2) is 52.5 Å². The van der Waals surface area contributed by atoms with Gasteiger partial charge in [0, 0.05) is 5.02 Å². The molecule has 1 aromatic carbocycles. The van der Waals surface area contributed by atoms with Gasteiger partial charge < -0.3 is 10.1 Å². The quantitative estimate of drug-likeness (QED) is 0.386. The number of benzene rings is 1. The molecular weight excluding hydrogens is 478 g/mol. The number of hydrogen-bond acceptors (Lipinski definition) is 5. The lowest BCUT2D eigenvalue weighted by Gasteiger charge is -2.28. The summed E-state index contributed by atoms with van der Waals surface area (Å²) in [6.45, 7) is -1.17. The molecule has 7 nitrogen and oxygen atoms in total. The van der Waals surface area contributed by atoms with Gasteiger partial charge >= 0.3 is 5.97 Å². The molecule has 160 valence electrons. The van der Waals surface area contributed by atoms with Gasteiger partial charge in [-0.2, -0.15) is 0 Å². The average Bonchev–Trinajstić information content (AvgIpc) is 3.30. The van der Waals surface area contributed by atoms with E-state index in [-0.39, 0.29) is 33.3 Å². The smallest absolute Gasteiger partial charge is 0.326 e. The summed E-state index contributed by atoms with van der Waals surface area (Å²) in [7, 11) is 0. The number of esters is 1. The second-order valence-electron chi connectivity index (χ2n) is 7.60. The van der Waals surface area contributed by atoms with Gasteiger partial charge in [-0.05, 0) is 36.5 Å². The molecular formula is C19H16Cl4N2O5. The fourth-order valence-corrected chi connectivity index (χ4v) is 5.90. The van der Waals surface area contributed by atoms with Crippen molar-refractivity contribution >= 4 is 75.8 Å². The Balaban J connectivity index is 1.32. The summed E-state index contributed by atoms with van der Waals surface area (Å²) >= 11 is 24.4. The second kappa shape index (κ2) is 8.19. The number of alkyl halides is 2. The molecule has 1 saturated heterocycles. The van der Waals surface area contributed by atoms with Crippen LogP contribution in [0.15, 0.2) is 18.2 Å². The number of carbonyl (C=O) groups excluding carboxylic acids is 4. The van der Waals surface area contributed by atoms with E-state index in [1.165, 1.54) is 12.1 Å². The molecule has 1 N–H and O–H groups in total. The lowest BCUT2D eigenvalue weighted by molar-refractivity contribution is -0.154. The van der Waals surface area contributed by atoms with Gasteiger partial charge in [-0.1, -0.05) is 23.2 Å². The summed E-state index contributed by atoms with van der Waals surface area (Å²) in [4.78, 5) is 50.5. The van der Waals surface area contributed by atoms with E-state index in [0.717, 1.165) is 4.90 Å². The van der Waals surface area contributed by atoms with Crippen molar-refractivity contribution in [1.29, 1.82) is 0 Å². The van der Waals surface area contributed by atoms with E-state index in [0.29, 0.717) is 11.4 Å². The number of ether oxygens (including phenoxy) is 1. The maximum atomic E-state index is 12.7. The molecule has 2 saturated carbocycles. The first-order valence-corrected chi connectivity index (χ1v) is 10.9. The third kappa shape index (κ3) is 3.66. The van der Waals surface area contributed by atoms with E-state index >= 15 is 0 Å². The third-order valence-corrected chi connectivity index (χ3v) is 7.82. The van der Waals surface area contributed by atoms with Crippen LogP contribution >= 0.6 is 46.4 Å². The fourth-order valence-electron chi connectivity index (χ4n) is 4.67. The fraction of sp³-hybridized carbons (Fsp3) is 0.474. The molecule has 4 rings (SSSR count). The lowest BCUT2D eigenvalue weighted by atomic mass is 9.80. The monoisotopic (exact) mass is 492 g/mol. The standard InChI is InChI=1S/C19H16Cl4N2O5/c20-7-1-2-10(21)11(3-7)24-12(26)6-30-13(27)5-25-18(28)14-8-4-9(15(14)19(25)29)17(23)16(8)22/h1-3,8-9,14-17H,4-6H2,(H,24,26)/t8-,9-,14-,15+,16-,17+/m1/s1. The number of carbonyl (C=O) groups is 4. The van der Waals surface area contributed by atoms with Gasteiger partial charge in [-0.15, -0.1) is 23.2 Å². The highest BCUT2D eigenvalue weighted by atomic mass is 35.5. The molecule has 1 aromatic rings. The first-order chi connectivity index (χ1) is 14.2. The number of halogens is 4. The molecule has 6 atom stereocenters. The Hall–Kier alpha value is -1.54. The van der Waals surface area contributed by atoms with Crippen LogP contribution < -0.4 is 5.32 Å². The van der Waals surface area contributed by atoms with Gasteiger partial charge in [-0.3, -0.25) is 24.1 Å². The Morgan fingerprint density at radius 2 is 1.67 bits per heavy atom. The molecule has 0 spiro atoms. The van der Waals surface area contributed by atoms with Crippen LogP contribution in [0.4, 0.5) is 5.69 Å². The summed E-state index contributed by atoms with van der Waals surface area (Å²) in [6, 6.07) is 4.52. The van der Waals surface area contributed by atoms with Gasteiger partial charge in [0.1, 0.15) is 6.54 Å². The molecule has 2 aliphatic carbocycles. The molecule has 30 heavy (non-hydrogen) atoms. The summed E-state index contributed by atoms with van der Waals surface area (Å²) < 4.78 is 4.91. The minimum atomic E-state index is -0.874. The van der Waals surface area contributed by atoms with E-state index in [1.54, 1.807) is 6.07 Å². The Morgan fingerprint density at radius 1 is 1.07 bits per heavy atom. The molecule has 0 unspecified atom stereocenters. The van der Waals surface area contributed by atoms with Crippen molar-refractivity contribution in [3.8, 4) is 0 Å². The van der Waals surface area contributed by atoms with E-state index in [2.05, 4.69) is 5.32 Å². The predicted octanol–water partition coefficient (Wildman–Crippen LogP) is 2.94. The Labute approximate surface area is 191 Å². The van der Waals surface area contributed by atoms with Gasteiger partial charge in [0.25, 0.3) is 5.91 Å². The number of likely N-dealkylation sites (tertiary alicyclic amines) is 1. The summed E-state index contributed by atoms with van der Waals surface area (Å²) in [5.74, 6) is -3.80. The number of anilines is 1. The molecule has 3 fully saturated rings. The first-order valence-electron chi connectivity index (χ1n) is 9.23. The van der Waals surface area contributed by atoms with Gasteiger partial charge in [-0.25, -0.2) is 0 Å². The maximum Gasteiger partial charge on any atom is 0.326 e. The number of rotatable bonds is 5. The molecule has 0 radical (unpaired) electrons. The highest BCUT2D eigenvalue weighted by molar-refractivity contribution is 6.35. The maximum absolute atomic E-state index is 12.7. The number of nitrogens with zero attached hydrogens (tertiary/aromatic N) is 1. The van der Waals surface area contributed by atoms with Crippen LogP contribution in [0.3, 0.4) is 0 Å². The molecule has 1 heterocycles. The SMILES string of the molecule is O=C(COC(=O)CN1C(=O)[C@@H]2[C@H]3C[C@@H]([C@H](Cl)[C@@H]3Cl)[C@@H]2C1=O)Nc1cc(Cl)ccc1Cl. The topological polar surface area (TPSA) is 92.8 Å². The minimum absolute atomic E-state index is 0.171. The first kappa shape index (κ1) is 21.7. The van der Waals surface area contributed by atoms with Crippen LogP contribution in [0.5, 0.6) is 0 Å². The zero-order valence-corrected chi connectivity index (χ0v) is 18.3. The minimum Gasteiger partial charge on any atom is -0.454 e. The zero-order chi connectivity index (χ0) is 21.7.